The molecule has 142 valence electrons. The lowest BCUT2D eigenvalue weighted by Crippen LogP contribution is -2.33. The zero-order valence-electron chi connectivity index (χ0n) is 16.4. The van der Waals surface area contributed by atoms with Crippen LogP contribution in [0, 0.1) is 16.7 Å². The fourth-order valence-corrected chi connectivity index (χ4v) is 3.58. The lowest BCUT2D eigenvalue weighted by atomic mass is 9.70. The van der Waals surface area contributed by atoms with Crippen LogP contribution < -0.4 is 0 Å². The third kappa shape index (κ3) is 3.73. The highest BCUT2D eigenvalue weighted by Crippen LogP contribution is 2.61. The molecule has 0 heterocycles. The Morgan fingerprint density at radius 3 is 2.04 bits per heavy atom. The van der Waals surface area contributed by atoms with E-state index in [1.54, 1.807) is 24.3 Å². The fraction of sp³-hybridized carbons (Fsp3) is 0.571. The first-order chi connectivity index (χ1) is 11.9. The van der Waals surface area contributed by atoms with E-state index in [0.717, 1.165) is 12.8 Å². The molecule has 0 spiro atoms. The topological polar surface area (TPSA) is 69.7 Å². The predicted octanol–water partition coefficient (Wildman–Crippen LogP) is 4.15. The second kappa shape index (κ2) is 6.95. The largest absolute Gasteiger partial charge is 0.373 e. The molecule has 0 amide bonds. The summed E-state index contributed by atoms with van der Waals surface area (Å²) in [6, 6.07) is 8.73. The lowest BCUT2D eigenvalue weighted by molar-refractivity contribution is -0.301. The van der Waals surface area contributed by atoms with Gasteiger partial charge in [-0.15, -0.1) is 0 Å². The van der Waals surface area contributed by atoms with Crippen molar-refractivity contribution < 1.29 is 24.2 Å². The standard InChI is InChI=1S/C11H14O3.C10H14O2/c1-11(2,3)14-13-10(12)9-7-5-4-6-8-9;1-9(2)6-4-5-10(9,3)8(12)7(6)11/h4-8H,1-3H3;6H,4-5H2,1-3H3. The van der Waals surface area contributed by atoms with Gasteiger partial charge in [0.05, 0.1) is 5.56 Å². The summed E-state index contributed by atoms with van der Waals surface area (Å²) in [5.74, 6) is -0.701. The highest BCUT2D eigenvalue weighted by molar-refractivity contribution is 6.43. The van der Waals surface area contributed by atoms with E-state index in [1.165, 1.54) is 0 Å². The maximum Gasteiger partial charge on any atom is 0.373 e. The highest BCUT2D eigenvalue weighted by Gasteiger charge is 2.66. The first-order valence-corrected chi connectivity index (χ1v) is 8.94. The molecule has 2 aliphatic rings. The molecule has 2 unspecified atom stereocenters. The predicted molar refractivity (Wildman–Crippen MR) is 97.3 cm³/mol. The molecule has 2 fully saturated rings. The van der Waals surface area contributed by atoms with Gasteiger partial charge in [0.1, 0.15) is 5.60 Å². The summed E-state index contributed by atoms with van der Waals surface area (Å²) >= 11 is 0. The molecule has 5 heteroatoms. The number of hydrogen-bond acceptors (Lipinski definition) is 5. The molecule has 5 nitrogen and oxygen atoms in total. The van der Waals surface area contributed by atoms with Crippen LogP contribution >= 0.6 is 0 Å². The number of rotatable bonds is 2. The van der Waals surface area contributed by atoms with Gasteiger partial charge in [0, 0.05) is 11.3 Å². The second-order valence-electron chi connectivity index (χ2n) is 8.77. The van der Waals surface area contributed by atoms with E-state index in [2.05, 4.69) is 4.89 Å². The van der Waals surface area contributed by atoms with Gasteiger partial charge in [-0.3, -0.25) is 14.5 Å². The van der Waals surface area contributed by atoms with Crippen LogP contribution in [0.4, 0.5) is 0 Å². The normalized spacial score (nSPS) is 26.3. The Kier molecular flexibility index (Phi) is 5.43. The van der Waals surface area contributed by atoms with Crippen LogP contribution in [0.5, 0.6) is 0 Å². The maximum atomic E-state index is 11.6. The number of hydrogen-bond donors (Lipinski definition) is 0. The van der Waals surface area contributed by atoms with Crippen molar-refractivity contribution in [3.8, 4) is 0 Å². The van der Waals surface area contributed by atoms with E-state index in [0.29, 0.717) is 5.56 Å². The number of Topliss-reactive ketones (excluding diaryl/α,β-unsaturated/α-hetero) is 2. The van der Waals surface area contributed by atoms with Gasteiger partial charge in [-0.1, -0.05) is 39.0 Å². The van der Waals surface area contributed by atoms with Gasteiger partial charge < -0.3 is 0 Å². The van der Waals surface area contributed by atoms with Crippen molar-refractivity contribution >= 4 is 17.5 Å². The van der Waals surface area contributed by atoms with E-state index in [1.807, 2.05) is 47.6 Å². The molecule has 2 aliphatic carbocycles. The Morgan fingerprint density at radius 2 is 1.65 bits per heavy atom. The fourth-order valence-electron chi connectivity index (χ4n) is 3.58. The van der Waals surface area contributed by atoms with Crippen LogP contribution in [-0.4, -0.2) is 23.1 Å². The SMILES string of the molecule is CC(C)(C)OOC(=O)c1ccccc1.CC12CCC(C(=O)C1=O)C2(C)C. The monoisotopic (exact) mass is 360 g/mol. The van der Waals surface area contributed by atoms with Gasteiger partial charge in [0.15, 0.2) is 0 Å². The van der Waals surface area contributed by atoms with Gasteiger partial charge in [0.2, 0.25) is 11.6 Å². The Morgan fingerprint density at radius 1 is 1.08 bits per heavy atom. The van der Waals surface area contributed by atoms with E-state index >= 15 is 0 Å². The van der Waals surface area contributed by atoms with E-state index in [4.69, 9.17) is 4.89 Å². The molecular weight excluding hydrogens is 332 g/mol. The molecule has 3 rings (SSSR count). The Bertz CT molecular complexity index is 699. The molecular formula is C21H28O5. The quantitative estimate of drug-likeness (QED) is 0.450. The molecule has 2 atom stereocenters. The first-order valence-electron chi connectivity index (χ1n) is 8.94. The second-order valence-corrected chi connectivity index (χ2v) is 8.77. The van der Waals surface area contributed by atoms with E-state index < -0.39 is 11.6 Å². The third-order valence-electron chi connectivity index (χ3n) is 5.64. The van der Waals surface area contributed by atoms with Crippen molar-refractivity contribution in [1.29, 1.82) is 0 Å². The third-order valence-corrected chi connectivity index (χ3v) is 5.64. The number of ketones is 2. The van der Waals surface area contributed by atoms with Crippen LogP contribution in [0.3, 0.4) is 0 Å². The van der Waals surface area contributed by atoms with Crippen LogP contribution in [-0.2, 0) is 19.4 Å². The average Bonchev–Trinajstić information content (AvgIpc) is 2.88. The Balaban J connectivity index is 0.000000189. The van der Waals surface area contributed by atoms with Crippen molar-refractivity contribution in [2.75, 3.05) is 0 Å². The summed E-state index contributed by atoms with van der Waals surface area (Å²) in [6.07, 6.45) is 1.81. The van der Waals surface area contributed by atoms with Crippen LogP contribution in [0.2, 0.25) is 0 Å². The van der Waals surface area contributed by atoms with E-state index in [9.17, 15) is 14.4 Å². The molecule has 0 saturated heterocycles. The smallest absolute Gasteiger partial charge is 0.292 e. The molecule has 26 heavy (non-hydrogen) atoms. The number of benzene rings is 1. The minimum atomic E-state index is -0.482. The zero-order chi connectivity index (χ0) is 19.8. The average molecular weight is 360 g/mol. The minimum absolute atomic E-state index is 0.00926. The van der Waals surface area contributed by atoms with Crippen molar-refractivity contribution in [2.45, 2.75) is 60.0 Å². The molecule has 0 aromatic heterocycles. The van der Waals surface area contributed by atoms with Gasteiger partial charge in [0.25, 0.3) is 0 Å². The number of carbonyl (C=O) groups is 3. The summed E-state index contributed by atoms with van der Waals surface area (Å²) in [5, 5.41) is 0. The summed E-state index contributed by atoms with van der Waals surface area (Å²) in [4.78, 5) is 43.9. The molecule has 1 aromatic carbocycles. The first kappa shape index (κ1) is 20.3. The van der Waals surface area contributed by atoms with Gasteiger partial charge in [-0.05, 0) is 51.2 Å². The summed E-state index contributed by atoms with van der Waals surface area (Å²) in [7, 11) is 0. The zero-order valence-corrected chi connectivity index (χ0v) is 16.4. The van der Waals surface area contributed by atoms with Crippen molar-refractivity contribution in [1.82, 2.24) is 0 Å². The van der Waals surface area contributed by atoms with E-state index in [-0.39, 0.29) is 28.3 Å². The highest BCUT2D eigenvalue weighted by atomic mass is 17.2. The van der Waals surface area contributed by atoms with Gasteiger partial charge in [-0.25, -0.2) is 4.79 Å². The Labute approximate surface area is 155 Å². The van der Waals surface area contributed by atoms with Crippen LogP contribution in [0.25, 0.3) is 0 Å². The number of fused-ring (bicyclic) bond motifs is 2. The van der Waals surface area contributed by atoms with Crippen molar-refractivity contribution in [2.24, 2.45) is 16.7 Å². The molecule has 0 N–H and O–H groups in total. The molecule has 2 saturated carbocycles. The summed E-state index contributed by atoms with van der Waals surface area (Å²) < 4.78 is 0. The molecule has 0 aliphatic heterocycles. The van der Waals surface area contributed by atoms with Crippen LogP contribution in [0.15, 0.2) is 30.3 Å². The van der Waals surface area contributed by atoms with Crippen molar-refractivity contribution in [3.63, 3.8) is 0 Å². The maximum absolute atomic E-state index is 11.6. The Hall–Kier alpha value is -2.01. The van der Waals surface area contributed by atoms with Crippen molar-refractivity contribution in [3.05, 3.63) is 35.9 Å². The molecule has 1 aromatic rings. The van der Waals surface area contributed by atoms with Gasteiger partial charge in [-0.2, -0.15) is 4.89 Å². The summed E-state index contributed by atoms with van der Waals surface area (Å²) in [6.45, 7) is 11.5. The number of carbonyl (C=O) groups excluding carboxylic acids is 3. The molecule has 0 radical (unpaired) electrons. The summed E-state index contributed by atoms with van der Waals surface area (Å²) in [5.41, 5.74) is -0.447. The van der Waals surface area contributed by atoms with Crippen LogP contribution in [0.1, 0.15) is 64.7 Å². The lowest BCUT2D eigenvalue weighted by Gasteiger charge is -2.31. The molecule has 2 bridgehead atoms. The van der Waals surface area contributed by atoms with Gasteiger partial charge >= 0.3 is 5.97 Å². The minimum Gasteiger partial charge on any atom is -0.292 e.